The summed E-state index contributed by atoms with van der Waals surface area (Å²) >= 11 is 0. The fraction of sp³-hybridized carbons (Fsp3) is 0.176. The Kier molecular flexibility index (Phi) is 6.05. The second-order valence-electron chi connectivity index (χ2n) is 4.99. The van der Waals surface area contributed by atoms with Crippen molar-refractivity contribution in [2.75, 3.05) is 18.5 Å². The highest BCUT2D eigenvalue weighted by Crippen LogP contribution is 2.18. The van der Waals surface area contributed by atoms with Gasteiger partial charge in [0.05, 0.1) is 16.2 Å². The fourth-order valence-corrected chi connectivity index (χ4v) is 2.05. The SMILES string of the molecule is CCNC(=O)c1ccccc1NC(=O)COc1ccc([N+](=O)[O-])cc1. The Morgan fingerprint density at radius 3 is 2.44 bits per heavy atom. The number of ether oxygens (including phenoxy) is 1. The summed E-state index contributed by atoms with van der Waals surface area (Å²) < 4.78 is 5.29. The van der Waals surface area contributed by atoms with Gasteiger partial charge in [-0.15, -0.1) is 0 Å². The van der Waals surface area contributed by atoms with Crippen LogP contribution in [0.1, 0.15) is 17.3 Å². The van der Waals surface area contributed by atoms with E-state index in [1.807, 2.05) is 0 Å². The molecule has 130 valence electrons. The number of para-hydroxylation sites is 1. The molecule has 2 aromatic carbocycles. The smallest absolute Gasteiger partial charge is 0.269 e. The third-order valence-electron chi connectivity index (χ3n) is 3.20. The van der Waals surface area contributed by atoms with E-state index in [0.29, 0.717) is 23.5 Å². The molecule has 0 aliphatic carbocycles. The van der Waals surface area contributed by atoms with Crippen LogP contribution in [0.25, 0.3) is 0 Å². The van der Waals surface area contributed by atoms with Crippen molar-refractivity contribution in [1.29, 1.82) is 0 Å². The summed E-state index contributed by atoms with van der Waals surface area (Å²) in [6.07, 6.45) is 0. The van der Waals surface area contributed by atoms with Crippen molar-refractivity contribution in [2.24, 2.45) is 0 Å². The summed E-state index contributed by atoms with van der Waals surface area (Å²) in [7, 11) is 0. The van der Waals surface area contributed by atoms with E-state index in [0.717, 1.165) is 0 Å². The van der Waals surface area contributed by atoms with Crippen molar-refractivity contribution >= 4 is 23.2 Å². The van der Waals surface area contributed by atoms with E-state index in [-0.39, 0.29) is 18.2 Å². The summed E-state index contributed by atoms with van der Waals surface area (Å²) in [5, 5.41) is 15.9. The first-order valence-electron chi connectivity index (χ1n) is 7.55. The fourth-order valence-electron chi connectivity index (χ4n) is 2.05. The van der Waals surface area contributed by atoms with Crippen LogP contribution in [0.2, 0.25) is 0 Å². The predicted octanol–water partition coefficient (Wildman–Crippen LogP) is 2.36. The van der Waals surface area contributed by atoms with E-state index in [4.69, 9.17) is 4.74 Å². The topological polar surface area (TPSA) is 111 Å². The van der Waals surface area contributed by atoms with Crippen molar-refractivity contribution in [3.05, 3.63) is 64.2 Å². The summed E-state index contributed by atoms with van der Waals surface area (Å²) in [5.74, 6) is -0.400. The molecule has 25 heavy (non-hydrogen) atoms. The van der Waals surface area contributed by atoms with E-state index in [1.54, 1.807) is 31.2 Å². The lowest BCUT2D eigenvalue weighted by Crippen LogP contribution is -2.26. The molecule has 2 amide bonds. The lowest BCUT2D eigenvalue weighted by molar-refractivity contribution is -0.384. The minimum absolute atomic E-state index is 0.0623. The average Bonchev–Trinajstić information content (AvgIpc) is 2.61. The minimum Gasteiger partial charge on any atom is -0.484 e. The summed E-state index contributed by atoms with van der Waals surface area (Å²) in [6, 6.07) is 12.0. The number of non-ortho nitro benzene ring substituents is 1. The van der Waals surface area contributed by atoms with Crippen LogP contribution in [0.4, 0.5) is 11.4 Å². The largest absolute Gasteiger partial charge is 0.484 e. The summed E-state index contributed by atoms with van der Waals surface area (Å²) in [6.45, 7) is 1.99. The molecule has 0 saturated heterocycles. The molecule has 0 saturated carbocycles. The predicted molar refractivity (Wildman–Crippen MR) is 91.7 cm³/mol. The second-order valence-corrected chi connectivity index (χ2v) is 4.99. The van der Waals surface area contributed by atoms with Crippen molar-refractivity contribution in [2.45, 2.75) is 6.92 Å². The zero-order valence-electron chi connectivity index (χ0n) is 13.5. The maximum atomic E-state index is 12.0. The number of hydrogen-bond donors (Lipinski definition) is 2. The number of nitrogens with zero attached hydrogens (tertiary/aromatic N) is 1. The van der Waals surface area contributed by atoms with Crippen molar-refractivity contribution in [3.8, 4) is 5.75 Å². The van der Waals surface area contributed by atoms with Gasteiger partial charge in [-0.3, -0.25) is 19.7 Å². The van der Waals surface area contributed by atoms with Gasteiger partial charge in [0, 0.05) is 18.7 Å². The molecule has 0 heterocycles. The number of anilines is 1. The van der Waals surface area contributed by atoms with Crippen LogP contribution in [-0.2, 0) is 4.79 Å². The molecule has 8 nitrogen and oxygen atoms in total. The van der Waals surface area contributed by atoms with Gasteiger partial charge in [0.15, 0.2) is 6.61 Å². The summed E-state index contributed by atoms with van der Waals surface area (Å²) in [4.78, 5) is 34.0. The lowest BCUT2D eigenvalue weighted by atomic mass is 10.1. The first kappa shape index (κ1) is 17.9. The molecule has 0 radical (unpaired) electrons. The Morgan fingerprint density at radius 2 is 1.80 bits per heavy atom. The molecule has 0 fully saturated rings. The van der Waals surface area contributed by atoms with Crippen LogP contribution in [0.5, 0.6) is 5.75 Å². The zero-order valence-corrected chi connectivity index (χ0v) is 13.5. The molecule has 8 heteroatoms. The van der Waals surface area contributed by atoms with Crippen LogP contribution in [0.15, 0.2) is 48.5 Å². The third-order valence-corrected chi connectivity index (χ3v) is 3.20. The van der Waals surface area contributed by atoms with Crippen molar-refractivity contribution in [3.63, 3.8) is 0 Å². The first-order chi connectivity index (χ1) is 12.0. The third kappa shape index (κ3) is 5.03. The number of rotatable bonds is 7. The van der Waals surface area contributed by atoms with Gasteiger partial charge in [0.25, 0.3) is 17.5 Å². The number of benzene rings is 2. The van der Waals surface area contributed by atoms with Gasteiger partial charge in [-0.2, -0.15) is 0 Å². The highest BCUT2D eigenvalue weighted by molar-refractivity contribution is 6.03. The van der Waals surface area contributed by atoms with E-state index < -0.39 is 10.8 Å². The Labute approximate surface area is 144 Å². The monoisotopic (exact) mass is 343 g/mol. The van der Waals surface area contributed by atoms with Gasteiger partial charge in [0.1, 0.15) is 5.75 Å². The van der Waals surface area contributed by atoms with Crippen LogP contribution in [0, 0.1) is 10.1 Å². The molecule has 0 aliphatic rings. The van der Waals surface area contributed by atoms with E-state index >= 15 is 0 Å². The van der Waals surface area contributed by atoms with Crippen LogP contribution >= 0.6 is 0 Å². The van der Waals surface area contributed by atoms with Crippen LogP contribution < -0.4 is 15.4 Å². The van der Waals surface area contributed by atoms with E-state index in [9.17, 15) is 19.7 Å². The second kappa shape index (κ2) is 8.44. The maximum absolute atomic E-state index is 12.0. The standard InChI is InChI=1S/C17H17N3O5/c1-2-18-17(22)14-5-3-4-6-15(14)19-16(21)11-25-13-9-7-12(8-10-13)20(23)24/h3-10H,2,11H2,1H3,(H,18,22)(H,19,21). The molecule has 0 aliphatic heterocycles. The average molecular weight is 343 g/mol. The Hall–Kier alpha value is -3.42. The molecule has 2 rings (SSSR count). The molecule has 0 unspecified atom stereocenters. The number of carbonyl (C=O) groups excluding carboxylic acids is 2. The number of carbonyl (C=O) groups is 2. The molecule has 0 bridgehead atoms. The maximum Gasteiger partial charge on any atom is 0.269 e. The number of nitrogens with one attached hydrogen (secondary N) is 2. The number of amides is 2. The molecule has 2 N–H and O–H groups in total. The van der Waals surface area contributed by atoms with Crippen molar-refractivity contribution < 1.29 is 19.2 Å². The van der Waals surface area contributed by atoms with Gasteiger partial charge in [-0.25, -0.2) is 0 Å². The molecule has 0 spiro atoms. The Morgan fingerprint density at radius 1 is 1.12 bits per heavy atom. The quantitative estimate of drug-likeness (QED) is 0.592. The van der Waals surface area contributed by atoms with Crippen LogP contribution in [-0.4, -0.2) is 29.9 Å². The molecule has 2 aromatic rings. The number of nitro groups is 1. The van der Waals surface area contributed by atoms with Gasteiger partial charge in [-0.1, -0.05) is 12.1 Å². The molecule has 0 aromatic heterocycles. The van der Waals surface area contributed by atoms with E-state index in [1.165, 1.54) is 24.3 Å². The Bertz CT molecular complexity index is 774. The molecular weight excluding hydrogens is 326 g/mol. The van der Waals surface area contributed by atoms with Crippen LogP contribution in [0.3, 0.4) is 0 Å². The highest BCUT2D eigenvalue weighted by Gasteiger charge is 2.13. The molecule has 0 atom stereocenters. The first-order valence-corrected chi connectivity index (χ1v) is 7.55. The highest BCUT2D eigenvalue weighted by atomic mass is 16.6. The van der Waals surface area contributed by atoms with Crippen molar-refractivity contribution in [1.82, 2.24) is 5.32 Å². The van der Waals surface area contributed by atoms with Gasteiger partial charge in [0.2, 0.25) is 0 Å². The minimum atomic E-state index is -0.519. The van der Waals surface area contributed by atoms with Gasteiger partial charge < -0.3 is 15.4 Å². The number of nitro benzene ring substituents is 1. The number of hydrogen-bond acceptors (Lipinski definition) is 5. The lowest BCUT2D eigenvalue weighted by Gasteiger charge is -2.11. The zero-order chi connectivity index (χ0) is 18.2. The normalized spacial score (nSPS) is 9.96. The van der Waals surface area contributed by atoms with Gasteiger partial charge >= 0.3 is 0 Å². The van der Waals surface area contributed by atoms with Gasteiger partial charge in [-0.05, 0) is 31.2 Å². The van der Waals surface area contributed by atoms with E-state index in [2.05, 4.69) is 10.6 Å². The Balaban J connectivity index is 1.96. The summed E-state index contributed by atoms with van der Waals surface area (Å²) in [5.41, 5.74) is 0.673. The molecular formula is C17H17N3O5.